The number of aliphatic hydroxyl groups is 1. The number of likely N-dealkylation sites (tertiary alicyclic amines) is 1. The molecule has 2 saturated heterocycles. The summed E-state index contributed by atoms with van der Waals surface area (Å²) in [4.78, 5) is 26.2. The first kappa shape index (κ1) is 14.3. The molecule has 2 aromatic heterocycles. The third-order valence-electron chi connectivity index (χ3n) is 4.57. The lowest BCUT2D eigenvalue weighted by Gasteiger charge is -2.34. The van der Waals surface area contributed by atoms with E-state index in [0.29, 0.717) is 11.2 Å². The highest BCUT2D eigenvalue weighted by atomic mass is 16.6. The van der Waals surface area contributed by atoms with Crippen LogP contribution >= 0.6 is 0 Å². The molecule has 3 unspecified atom stereocenters. The maximum atomic E-state index is 12.4. The standard InChI is InChI=1S/C13H16N6O4/c1-18-7-8(20)13(3-22-2,12(18)21)23-11(7)19-5-17-6-9(14)15-4-16-10(6)19/h4-5,7-8,11,20H,3H2,1-2H3,(H2,14,15,16)/t7?,8-,11?,13?/m1/s1. The summed E-state index contributed by atoms with van der Waals surface area (Å²) in [6.07, 6.45) is 1.20. The van der Waals surface area contributed by atoms with Crippen molar-refractivity contribution in [3.63, 3.8) is 0 Å². The van der Waals surface area contributed by atoms with Crippen LogP contribution in [0.5, 0.6) is 0 Å². The minimum Gasteiger partial charge on any atom is -0.387 e. The molecule has 0 aliphatic carbocycles. The molecule has 4 atom stereocenters. The number of ether oxygens (including phenoxy) is 2. The number of nitrogens with two attached hydrogens (primary N) is 1. The molecule has 4 heterocycles. The molecule has 4 rings (SSSR count). The van der Waals surface area contributed by atoms with Gasteiger partial charge in [-0.25, -0.2) is 15.0 Å². The van der Waals surface area contributed by atoms with Crippen LogP contribution in [0.15, 0.2) is 12.7 Å². The van der Waals surface area contributed by atoms with Crippen LogP contribution in [0.2, 0.25) is 0 Å². The predicted octanol–water partition coefficient (Wildman–Crippen LogP) is -1.48. The van der Waals surface area contributed by atoms with Crippen LogP contribution in [0.4, 0.5) is 5.82 Å². The third kappa shape index (κ3) is 1.62. The number of likely N-dealkylation sites (N-methyl/N-ethyl adjacent to an activating group) is 1. The average Bonchev–Trinajstić information content (AvgIpc) is 3.12. The maximum Gasteiger partial charge on any atom is 0.260 e. The van der Waals surface area contributed by atoms with Crippen LogP contribution in [-0.2, 0) is 14.3 Å². The lowest BCUT2D eigenvalue weighted by Crippen LogP contribution is -2.52. The van der Waals surface area contributed by atoms with Crippen LogP contribution in [-0.4, -0.2) is 73.9 Å². The van der Waals surface area contributed by atoms with Crippen molar-refractivity contribution in [3.05, 3.63) is 12.7 Å². The Hall–Kier alpha value is -2.30. The Bertz CT molecular complexity index is 794. The number of fused-ring (bicyclic) bond motifs is 3. The number of methoxy groups -OCH3 is 1. The molecule has 10 nitrogen and oxygen atoms in total. The molecule has 2 bridgehead atoms. The van der Waals surface area contributed by atoms with E-state index in [-0.39, 0.29) is 18.3 Å². The number of nitrogen functional groups attached to an aromatic ring is 1. The number of amides is 1. The van der Waals surface area contributed by atoms with Crippen molar-refractivity contribution in [2.24, 2.45) is 0 Å². The second kappa shape index (κ2) is 4.60. The Kier molecular flexibility index (Phi) is 2.86. The predicted molar refractivity (Wildman–Crippen MR) is 77.0 cm³/mol. The molecule has 2 fully saturated rings. The van der Waals surface area contributed by atoms with E-state index in [2.05, 4.69) is 15.0 Å². The van der Waals surface area contributed by atoms with Gasteiger partial charge < -0.3 is 25.2 Å². The van der Waals surface area contributed by atoms with Crippen LogP contribution in [0.3, 0.4) is 0 Å². The molecule has 0 saturated carbocycles. The van der Waals surface area contributed by atoms with Crippen molar-refractivity contribution in [2.75, 3.05) is 26.5 Å². The summed E-state index contributed by atoms with van der Waals surface area (Å²) < 4.78 is 12.7. The van der Waals surface area contributed by atoms with E-state index in [0.717, 1.165) is 0 Å². The number of rotatable bonds is 3. The zero-order valence-electron chi connectivity index (χ0n) is 12.6. The van der Waals surface area contributed by atoms with Gasteiger partial charge in [-0.15, -0.1) is 0 Å². The van der Waals surface area contributed by atoms with Crippen LogP contribution in [0.25, 0.3) is 11.2 Å². The number of hydrogen-bond donors (Lipinski definition) is 2. The molecule has 1 amide bonds. The van der Waals surface area contributed by atoms with Crippen molar-refractivity contribution in [3.8, 4) is 0 Å². The van der Waals surface area contributed by atoms with Gasteiger partial charge in [0.1, 0.15) is 24.0 Å². The minimum absolute atomic E-state index is 0.0336. The molecule has 0 radical (unpaired) electrons. The molecule has 0 spiro atoms. The van der Waals surface area contributed by atoms with Gasteiger partial charge in [0.2, 0.25) is 0 Å². The summed E-state index contributed by atoms with van der Waals surface area (Å²) in [6, 6.07) is -0.564. The van der Waals surface area contributed by atoms with Crippen molar-refractivity contribution in [2.45, 2.75) is 24.0 Å². The molecule has 23 heavy (non-hydrogen) atoms. The topological polar surface area (TPSA) is 129 Å². The van der Waals surface area contributed by atoms with Gasteiger partial charge in [0, 0.05) is 14.2 Å². The average molecular weight is 320 g/mol. The van der Waals surface area contributed by atoms with Gasteiger partial charge in [-0.05, 0) is 0 Å². The second-order valence-corrected chi connectivity index (χ2v) is 5.77. The molecular weight excluding hydrogens is 304 g/mol. The van der Waals surface area contributed by atoms with E-state index in [1.54, 1.807) is 11.6 Å². The largest absolute Gasteiger partial charge is 0.387 e. The van der Waals surface area contributed by atoms with Gasteiger partial charge in [-0.3, -0.25) is 9.36 Å². The van der Waals surface area contributed by atoms with Gasteiger partial charge in [-0.2, -0.15) is 0 Å². The van der Waals surface area contributed by atoms with Gasteiger partial charge >= 0.3 is 0 Å². The fraction of sp³-hybridized carbons (Fsp3) is 0.538. The number of morpholine rings is 1. The van der Waals surface area contributed by atoms with E-state index < -0.39 is 24.0 Å². The summed E-state index contributed by atoms with van der Waals surface area (Å²) in [5.41, 5.74) is 5.31. The van der Waals surface area contributed by atoms with E-state index in [4.69, 9.17) is 15.2 Å². The Morgan fingerprint density at radius 2 is 2.26 bits per heavy atom. The number of nitrogens with zero attached hydrogens (tertiary/aromatic N) is 5. The number of imidazole rings is 1. The summed E-state index contributed by atoms with van der Waals surface area (Å²) in [5, 5.41) is 10.6. The highest BCUT2D eigenvalue weighted by molar-refractivity contribution is 5.90. The van der Waals surface area contributed by atoms with Gasteiger partial charge in [0.05, 0.1) is 12.9 Å². The van der Waals surface area contributed by atoms with Crippen molar-refractivity contribution < 1.29 is 19.4 Å². The number of anilines is 1. The van der Waals surface area contributed by atoms with E-state index in [1.165, 1.54) is 24.7 Å². The fourth-order valence-electron chi connectivity index (χ4n) is 3.47. The van der Waals surface area contributed by atoms with Crippen LogP contribution in [0, 0.1) is 0 Å². The zero-order valence-corrected chi connectivity index (χ0v) is 12.6. The molecule has 2 aliphatic rings. The molecule has 2 aromatic rings. The number of carbonyl (C=O) groups is 1. The van der Waals surface area contributed by atoms with Crippen LogP contribution < -0.4 is 5.73 Å². The van der Waals surface area contributed by atoms with Gasteiger partial charge in [0.15, 0.2) is 23.3 Å². The monoisotopic (exact) mass is 320 g/mol. The molecule has 2 aliphatic heterocycles. The number of hydrogen-bond acceptors (Lipinski definition) is 8. The lowest BCUT2D eigenvalue weighted by molar-refractivity contribution is -0.183. The fourth-order valence-corrected chi connectivity index (χ4v) is 3.47. The number of carbonyl (C=O) groups excluding carboxylic acids is 1. The van der Waals surface area contributed by atoms with Gasteiger partial charge in [0.25, 0.3) is 5.91 Å². The number of aliphatic hydroxyl groups excluding tert-OH is 1. The molecule has 10 heteroatoms. The highest BCUT2D eigenvalue weighted by Gasteiger charge is 2.69. The molecule has 0 aromatic carbocycles. The highest BCUT2D eigenvalue weighted by Crippen LogP contribution is 2.47. The lowest BCUT2D eigenvalue weighted by atomic mass is 10.00. The molecular formula is C13H16N6O4. The summed E-state index contributed by atoms with van der Waals surface area (Å²) in [6.45, 7) is -0.0336. The first-order valence-electron chi connectivity index (χ1n) is 7.06. The van der Waals surface area contributed by atoms with E-state index in [9.17, 15) is 9.90 Å². The van der Waals surface area contributed by atoms with E-state index >= 15 is 0 Å². The Morgan fingerprint density at radius 1 is 1.48 bits per heavy atom. The third-order valence-corrected chi connectivity index (χ3v) is 4.57. The van der Waals surface area contributed by atoms with Gasteiger partial charge in [-0.1, -0.05) is 0 Å². The van der Waals surface area contributed by atoms with Crippen molar-refractivity contribution in [1.29, 1.82) is 0 Å². The SMILES string of the molecule is COCC12OC(n3cnc4c(N)ncnc43)C([C@H]1O)N(C)C2=O. The minimum atomic E-state index is -1.41. The van der Waals surface area contributed by atoms with E-state index in [1.807, 2.05) is 0 Å². The molecule has 3 N–H and O–H groups in total. The maximum absolute atomic E-state index is 12.4. The van der Waals surface area contributed by atoms with Crippen molar-refractivity contribution in [1.82, 2.24) is 24.4 Å². The first-order chi connectivity index (χ1) is 11.0. The normalized spacial score (nSPS) is 33.1. The zero-order chi connectivity index (χ0) is 16.4. The smallest absolute Gasteiger partial charge is 0.260 e. The summed E-state index contributed by atoms with van der Waals surface area (Å²) in [5.74, 6) is -0.0415. The number of aromatic nitrogens is 4. The Labute approximate surface area is 130 Å². The van der Waals surface area contributed by atoms with Crippen LogP contribution in [0.1, 0.15) is 6.23 Å². The first-order valence-corrected chi connectivity index (χ1v) is 7.06. The summed E-state index contributed by atoms with van der Waals surface area (Å²) >= 11 is 0. The van der Waals surface area contributed by atoms with Crippen molar-refractivity contribution >= 4 is 22.9 Å². The Balaban J connectivity index is 1.82. The second-order valence-electron chi connectivity index (χ2n) is 5.77. The Morgan fingerprint density at radius 3 is 3.00 bits per heavy atom. The quantitative estimate of drug-likeness (QED) is 0.701. The summed E-state index contributed by atoms with van der Waals surface area (Å²) in [7, 11) is 3.09. The molecule has 122 valence electrons.